The number of aliphatic hydroxyl groups is 1. The number of hydrogen-bond acceptors (Lipinski definition) is 15. The van der Waals surface area contributed by atoms with Crippen LogP contribution in [0, 0.1) is 11.8 Å². The molecule has 85 heavy (non-hydrogen) atoms. The Kier molecular flexibility index (Phi) is 56.3. The fourth-order valence-corrected chi connectivity index (χ4v) is 10.9. The van der Waals surface area contributed by atoms with Crippen LogP contribution in [-0.2, 0) is 65.4 Å². The minimum atomic E-state index is -4.96. The van der Waals surface area contributed by atoms with Gasteiger partial charge >= 0.3 is 39.5 Å². The molecule has 0 rings (SSSR count). The van der Waals surface area contributed by atoms with Gasteiger partial charge in [-0.25, -0.2) is 9.13 Å². The molecule has 0 bridgehead atoms. The van der Waals surface area contributed by atoms with Crippen LogP contribution in [0.2, 0.25) is 0 Å². The zero-order chi connectivity index (χ0) is 62.9. The number of unbranched alkanes of at least 4 members (excludes halogenated alkanes) is 30. The summed E-state index contributed by atoms with van der Waals surface area (Å²) in [4.78, 5) is 72.2. The average molecular weight is 1250 g/mol. The molecule has 0 spiro atoms. The summed E-state index contributed by atoms with van der Waals surface area (Å²) in [5.74, 6) is -0.731. The molecular formula is C66H124O17P2. The van der Waals surface area contributed by atoms with E-state index in [1.54, 1.807) is 0 Å². The molecule has 500 valence electrons. The molecule has 0 aromatic rings. The molecule has 0 fully saturated rings. The van der Waals surface area contributed by atoms with E-state index in [2.05, 4.69) is 65.8 Å². The van der Waals surface area contributed by atoms with E-state index in [1.165, 1.54) is 103 Å². The Bertz CT molecular complexity index is 1760. The number of carbonyl (C=O) groups is 4. The summed E-state index contributed by atoms with van der Waals surface area (Å²) in [5, 5.41) is 10.5. The standard InChI is InChI=1S/C66H124O17P2/c1-7-9-11-13-15-17-18-19-20-21-22-25-32-38-44-50-65(70)82-61(55-77-64(69)49-43-37-31-26-23-24-28-34-40-46-58(3)4)56-80-84(72,73)78-52-60(67)53-79-85(74,75)81-57-62(54-76-63(68)48-42-36-30-16-14-12-10-8-2)83-66(71)51-45-39-33-27-29-35-41-47-59(5)6/h17-20,58-62,67H,7-16,21-57H2,1-6H3,(H,72,73)(H,74,75)/b18-17-,20-19-/t60-,61-,62-/m1/s1. The van der Waals surface area contributed by atoms with Gasteiger partial charge in [-0.05, 0) is 63.2 Å². The van der Waals surface area contributed by atoms with E-state index in [1.807, 2.05) is 0 Å². The predicted octanol–water partition coefficient (Wildman–Crippen LogP) is 18.0. The highest BCUT2D eigenvalue weighted by atomic mass is 31.2. The number of hydrogen-bond donors (Lipinski definition) is 3. The van der Waals surface area contributed by atoms with Crippen LogP contribution in [-0.4, -0.2) is 96.7 Å². The van der Waals surface area contributed by atoms with Crippen molar-refractivity contribution in [1.82, 2.24) is 0 Å². The topological polar surface area (TPSA) is 237 Å². The van der Waals surface area contributed by atoms with Crippen LogP contribution in [0.4, 0.5) is 0 Å². The lowest BCUT2D eigenvalue weighted by molar-refractivity contribution is -0.161. The van der Waals surface area contributed by atoms with Crippen LogP contribution in [0.15, 0.2) is 24.3 Å². The van der Waals surface area contributed by atoms with Crippen LogP contribution in [0.25, 0.3) is 0 Å². The molecule has 17 nitrogen and oxygen atoms in total. The van der Waals surface area contributed by atoms with Crippen molar-refractivity contribution in [3.05, 3.63) is 24.3 Å². The quantitative estimate of drug-likeness (QED) is 0.0169. The first-order valence-electron chi connectivity index (χ1n) is 33.8. The van der Waals surface area contributed by atoms with E-state index in [0.717, 1.165) is 115 Å². The molecule has 0 radical (unpaired) electrons. The maximum atomic E-state index is 13.0. The molecule has 19 heteroatoms. The lowest BCUT2D eigenvalue weighted by atomic mass is 10.0. The fourth-order valence-electron chi connectivity index (χ4n) is 9.34. The highest BCUT2D eigenvalue weighted by Crippen LogP contribution is 2.45. The molecule has 0 amide bonds. The van der Waals surface area contributed by atoms with Gasteiger partial charge in [0, 0.05) is 25.7 Å². The van der Waals surface area contributed by atoms with Crippen LogP contribution in [0.3, 0.4) is 0 Å². The normalized spacial score (nSPS) is 14.4. The molecule has 0 aliphatic heterocycles. The van der Waals surface area contributed by atoms with Crippen LogP contribution < -0.4 is 0 Å². The first kappa shape index (κ1) is 82.5. The lowest BCUT2D eigenvalue weighted by Gasteiger charge is -2.21. The maximum absolute atomic E-state index is 13.0. The summed E-state index contributed by atoms with van der Waals surface area (Å²) >= 11 is 0. The molecule has 0 aliphatic carbocycles. The van der Waals surface area contributed by atoms with Crippen LogP contribution in [0.1, 0.15) is 305 Å². The van der Waals surface area contributed by atoms with Crippen molar-refractivity contribution in [3.63, 3.8) is 0 Å². The number of carbonyl (C=O) groups excluding carboxylic acids is 4. The van der Waals surface area contributed by atoms with Gasteiger partial charge in [-0.2, -0.15) is 0 Å². The van der Waals surface area contributed by atoms with E-state index in [-0.39, 0.29) is 25.7 Å². The van der Waals surface area contributed by atoms with E-state index in [9.17, 15) is 43.2 Å². The maximum Gasteiger partial charge on any atom is 0.472 e. The zero-order valence-corrected chi connectivity index (χ0v) is 56.2. The lowest BCUT2D eigenvalue weighted by Crippen LogP contribution is -2.30. The Balaban J connectivity index is 5.27. The van der Waals surface area contributed by atoms with E-state index >= 15 is 0 Å². The molecular weight excluding hydrogens is 1130 g/mol. The Labute approximate surface area is 516 Å². The number of allylic oxidation sites excluding steroid dienone is 4. The SMILES string of the molecule is CCCCCC/C=C\C=C/CCCCCCCC(=O)O[C@H](COC(=O)CCCCCCCCCCCC(C)C)COP(=O)(O)OC[C@@H](O)COP(=O)(O)OC[C@@H](COC(=O)CCCCCCCCCC)OC(=O)CCCCCCCCCC(C)C. The molecule has 0 saturated heterocycles. The van der Waals surface area contributed by atoms with Gasteiger partial charge < -0.3 is 33.8 Å². The van der Waals surface area contributed by atoms with Crippen molar-refractivity contribution in [3.8, 4) is 0 Å². The summed E-state index contributed by atoms with van der Waals surface area (Å²) in [7, 11) is -9.90. The molecule has 2 unspecified atom stereocenters. The van der Waals surface area contributed by atoms with E-state index in [4.69, 9.17) is 37.0 Å². The van der Waals surface area contributed by atoms with Crippen molar-refractivity contribution >= 4 is 39.5 Å². The Morgan fingerprint density at radius 2 is 0.635 bits per heavy atom. The highest BCUT2D eigenvalue weighted by molar-refractivity contribution is 7.47. The molecule has 5 atom stereocenters. The summed E-state index contributed by atoms with van der Waals surface area (Å²) in [6.07, 6.45) is 44.0. The minimum absolute atomic E-state index is 0.0843. The minimum Gasteiger partial charge on any atom is -0.462 e. The first-order chi connectivity index (χ1) is 40.9. The van der Waals surface area contributed by atoms with Gasteiger partial charge in [0.15, 0.2) is 12.2 Å². The third kappa shape index (κ3) is 60.2. The summed E-state index contributed by atoms with van der Waals surface area (Å²) in [5.41, 5.74) is 0. The second-order valence-electron chi connectivity index (χ2n) is 24.1. The van der Waals surface area contributed by atoms with Crippen molar-refractivity contribution in [2.24, 2.45) is 11.8 Å². The van der Waals surface area contributed by atoms with Crippen molar-refractivity contribution in [2.75, 3.05) is 39.6 Å². The van der Waals surface area contributed by atoms with Crippen LogP contribution >= 0.6 is 15.6 Å². The Hall–Kier alpha value is -2.46. The Morgan fingerprint density at radius 3 is 0.965 bits per heavy atom. The first-order valence-corrected chi connectivity index (χ1v) is 36.8. The fraction of sp³-hybridized carbons (Fsp3) is 0.879. The van der Waals surface area contributed by atoms with Gasteiger partial charge in [-0.15, -0.1) is 0 Å². The van der Waals surface area contributed by atoms with Gasteiger partial charge in [0.1, 0.15) is 19.3 Å². The number of aliphatic hydroxyl groups excluding tert-OH is 1. The van der Waals surface area contributed by atoms with E-state index < -0.39 is 97.5 Å². The van der Waals surface area contributed by atoms with E-state index in [0.29, 0.717) is 31.6 Å². The molecule has 0 aromatic heterocycles. The second-order valence-corrected chi connectivity index (χ2v) is 27.0. The summed E-state index contributed by atoms with van der Waals surface area (Å²) in [6.45, 7) is 9.33. The summed E-state index contributed by atoms with van der Waals surface area (Å²) < 4.78 is 68.0. The molecule has 0 saturated carbocycles. The molecule has 0 heterocycles. The Morgan fingerprint density at radius 1 is 0.365 bits per heavy atom. The van der Waals surface area contributed by atoms with Gasteiger partial charge in [0.05, 0.1) is 26.4 Å². The predicted molar refractivity (Wildman–Crippen MR) is 340 cm³/mol. The van der Waals surface area contributed by atoms with Crippen molar-refractivity contribution in [1.29, 1.82) is 0 Å². The van der Waals surface area contributed by atoms with Gasteiger partial charge in [0.25, 0.3) is 0 Å². The second kappa shape index (κ2) is 57.9. The highest BCUT2D eigenvalue weighted by Gasteiger charge is 2.30. The molecule has 0 aromatic carbocycles. The van der Waals surface area contributed by atoms with Gasteiger partial charge in [-0.1, -0.05) is 252 Å². The van der Waals surface area contributed by atoms with Gasteiger partial charge in [-0.3, -0.25) is 37.3 Å². The van der Waals surface area contributed by atoms with Crippen molar-refractivity contribution < 1.29 is 80.2 Å². The largest absolute Gasteiger partial charge is 0.472 e. The third-order valence-corrected chi connectivity index (χ3v) is 16.5. The van der Waals surface area contributed by atoms with Crippen LogP contribution in [0.5, 0.6) is 0 Å². The van der Waals surface area contributed by atoms with Crippen molar-refractivity contribution in [2.45, 2.75) is 323 Å². The zero-order valence-electron chi connectivity index (χ0n) is 54.4. The molecule has 3 N–H and O–H groups in total. The monoisotopic (exact) mass is 1250 g/mol. The number of ether oxygens (including phenoxy) is 4. The number of rotatable bonds is 63. The smallest absolute Gasteiger partial charge is 0.462 e. The number of esters is 4. The molecule has 0 aliphatic rings. The number of phosphoric acid groups is 2. The number of phosphoric ester groups is 2. The third-order valence-electron chi connectivity index (χ3n) is 14.6. The summed E-state index contributed by atoms with van der Waals surface area (Å²) in [6, 6.07) is 0. The van der Waals surface area contributed by atoms with Gasteiger partial charge in [0.2, 0.25) is 0 Å². The average Bonchev–Trinajstić information content (AvgIpc) is 3.49.